The molecule has 0 saturated heterocycles. The number of carbonyl (C=O) groups excluding carboxylic acids is 2. The van der Waals surface area contributed by atoms with Crippen molar-refractivity contribution in [3.05, 3.63) is 170 Å². The van der Waals surface area contributed by atoms with Gasteiger partial charge in [0.15, 0.2) is 6.10 Å². The summed E-state index contributed by atoms with van der Waals surface area (Å²) in [6.07, 6.45) is 119. The van der Waals surface area contributed by atoms with Gasteiger partial charge in [0.05, 0.1) is 13.2 Å². The number of unbranched alkanes of at least 4 members (excludes halogenated alkanes) is 32. The maximum atomic E-state index is 12.8. The lowest BCUT2D eigenvalue weighted by Crippen LogP contribution is -2.29. The summed E-state index contributed by atoms with van der Waals surface area (Å²) < 4.78 is 33.2. The lowest BCUT2D eigenvalue weighted by atomic mass is 10.0. The number of hydrogen-bond donors (Lipinski definition) is 2. The van der Waals surface area contributed by atoms with Crippen molar-refractivity contribution < 1.29 is 37.6 Å². The summed E-state index contributed by atoms with van der Waals surface area (Å²) in [5, 5.41) is 0. The molecular formula is C87H146NO8P. The first kappa shape index (κ1) is 92.4. The van der Waals surface area contributed by atoms with Crippen LogP contribution in [0, 0.1) is 0 Å². The van der Waals surface area contributed by atoms with Crippen LogP contribution < -0.4 is 5.73 Å². The smallest absolute Gasteiger partial charge is 0.462 e. The number of phosphoric acid groups is 1. The number of ether oxygens (including phenoxy) is 2. The van der Waals surface area contributed by atoms with Crippen LogP contribution in [-0.2, 0) is 32.7 Å². The standard InChI is InChI=1S/C87H146NO8P/c1-3-5-7-9-11-13-15-17-19-21-23-25-27-29-31-33-35-37-39-40-41-42-43-44-46-47-49-51-53-55-57-59-61-63-65-67-69-71-73-75-77-79-86(89)93-83-85(84-95-97(91,92)94-82-81-88)96-87(90)80-78-76-74-72-70-68-66-64-62-60-58-56-54-52-50-48-45-38-36-34-32-30-28-26-24-22-20-18-16-14-12-10-8-6-4-2/h5-8,11-14,17-20,23-26,30,32,36,38,48,50,54,56,60,62,66,68,85H,3-4,9-10,15-16,21-22,27-29,31,33-35,37,39-47,49,51-53,55,57-59,61,63-65,67,69-84,88H2,1-2H3,(H,91,92)/b7-5-,8-6-,13-11-,14-12-,19-17-,20-18-,25-23-,26-24-,32-30-,38-36-,50-48-,56-54-,62-60-,68-66-. The molecule has 0 aromatic rings. The minimum absolute atomic E-state index is 0.0424. The Balaban J connectivity index is 3.88. The molecule has 0 radical (unpaired) electrons. The Bertz CT molecular complexity index is 2210. The Kier molecular flexibility index (Phi) is 76.5. The average Bonchev–Trinajstić information content (AvgIpc) is 2.69. The topological polar surface area (TPSA) is 134 Å². The van der Waals surface area contributed by atoms with Gasteiger partial charge in [-0.15, -0.1) is 0 Å². The normalized spacial score (nSPS) is 13.8. The Morgan fingerprint density at radius 1 is 0.309 bits per heavy atom. The highest BCUT2D eigenvalue weighted by molar-refractivity contribution is 7.47. The van der Waals surface area contributed by atoms with Gasteiger partial charge in [-0.05, 0) is 128 Å². The first-order chi connectivity index (χ1) is 47.8. The molecule has 2 unspecified atom stereocenters. The zero-order valence-electron chi connectivity index (χ0n) is 62.3. The van der Waals surface area contributed by atoms with E-state index in [9.17, 15) is 19.0 Å². The van der Waals surface area contributed by atoms with Gasteiger partial charge in [-0.3, -0.25) is 18.6 Å². The number of rotatable bonds is 73. The largest absolute Gasteiger partial charge is 0.472 e. The maximum Gasteiger partial charge on any atom is 0.472 e. The van der Waals surface area contributed by atoms with Gasteiger partial charge in [0, 0.05) is 19.4 Å². The van der Waals surface area contributed by atoms with Crippen LogP contribution in [0.25, 0.3) is 0 Å². The molecule has 552 valence electrons. The highest BCUT2D eigenvalue weighted by atomic mass is 31.2. The molecule has 0 bridgehead atoms. The summed E-state index contributed by atoms with van der Waals surface area (Å²) in [4.78, 5) is 35.4. The van der Waals surface area contributed by atoms with Gasteiger partial charge in [0.2, 0.25) is 0 Å². The molecule has 0 aromatic carbocycles. The van der Waals surface area contributed by atoms with Crippen LogP contribution in [0.5, 0.6) is 0 Å². The van der Waals surface area contributed by atoms with E-state index in [0.29, 0.717) is 6.42 Å². The van der Waals surface area contributed by atoms with E-state index in [2.05, 4.69) is 184 Å². The van der Waals surface area contributed by atoms with Gasteiger partial charge in [0.25, 0.3) is 0 Å². The van der Waals surface area contributed by atoms with Crippen LogP contribution in [-0.4, -0.2) is 49.3 Å². The van der Waals surface area contributed by atoms with Crippen molar-refractivity contribution >= 4 is 19.8 Å². The Labute approximate surface area is 597 Å². The monoisotopic (exact) mass is 1360 g/mol. The van der Waals surface area contributed by atoms with Crippen molar-refractivity contribution in [1.82, 2.24) is 0 Å². The molecule has 97 heavy (non-hydrogen) atoms. The third-order valence-electron chi connectivity index (χ3n) is 16.6. The Morgan fingerprint density at radius 2 is 0.536 bits per heavy atom. The fraction of sp³-hybridized carbons (Fsp3) is 0.655. The van der Waals surface area contributed by atoms with Gasteiger partial charge in [-0.25, -0.2) is 4.57 Å². The molecule has 0 aliphatic carbocycles. The summed E-state index contributed by atoms with van der Waals surface area (Å²) in [7, 11) is -4.41. The highest BCUT2D eigenvalue weighted by Crippen LogP contribution is 2.43. The molecule has 0 heterocycles. The van der Waals surface area contributed by atoms with E-state index in [-0.39, 0.29) is 38.6 Å². The Morgan fingerprint density at radius 3 is 0.794 bits per heavy atom. The van der Waals surface area contributed by atoms with Gasteiger partial charge in [-0.1, -0.05) is 364 Å². The average molecular weight is 1370 g/mol. The molecule has 0 spiro atoms. The molecule has 0 aliphatic heterocycles. The van der Waals surface area contributed by atoms with Crippen molar-refractivity contribution in [2.75, 3.05) is 26.4 Å². The van der Waals surface area contributed by atoms with Gasteiger partial charge >= 0.3 is 19.8 Å². The van der Waals surface area contributed by atoms with Crippen LogP contribution in [0.4, 0.5) is 0 Å². The fourth-order valence-electron chi connectivity index (χ4n) is 10.8. The van der Waals surface area contributed by atoms with Crippen LogP contribution in [0.2, 0.25) is 0 Å². The molecule has 0 amide bonds. The molecular weight excluding hydrogens is 1220 g/mol. The van der Waals surface area contributed by atoms with E-state index >= 15 is 0 Å². The second-order valence-corrected chi connectivity index (χ2v) is 27.3. The fourth-order valence-corrected chi connectivity index (χ4v) is 11.6. The SMILES string of the molecule is CC/C=C\C/C=C\C/C=C\C/C=C\C/C=C\C/C=C\C/C=C\C/C=C\C/C=C\C/C=C\CCCCCCC(=O)OC(COC(=O)CCCCCCCCCCCCCCCCCCCCCCCCCCCCCC/C=C\C/C=C\C/C=C\C/C=C\CC)COP(=O)(O)OCCN. The summed E-state index contributed by atoms with van der Waals surface area (Å²) in [5.74, 6) is -0.855. The number of esters is 2. The van der Waals surface area contributed by atoms with Crippen LogP contribution in [0.15, 0.2) is 170 Å². The number of allylic oxidation sites excluding steroid dienone is 28. The summed E-state index contributed by atoms with van der Waals surface area (Å²) in [6, 6.07) is 0. The third-order valence-corrected chi connectivity index (χ3v) is 17.6. The molecule has 0 fully saturated rings. The molecule has 3 N–H and O–H groups in total. The van der Waals surface area contributed by atoms with E-state index in [1.165, 1.54) is 167 Å². The second kappa shape index (κ2) is 80.3. The lowest BCUT2D eigenvalue weighted by Gasteiger charge is -2.19. The van der Waals surface area contributed by atoms with Gasteiger partial charge in [-0.2, -0.15) is 0 Å². The van der Waals surface area contributed by atoms with E-state index < -0.39 is 26.5 Å². The van der Waals surface area contributed by atoms with E-state index in [0.717, 1.165) is 135 Å². The van der Waals surface area contributed by atoms with Crippen LogP contribution in [0.3, 0.4) is 0 Å². The minimum atomic E-state index is -4.41. The molecule has 9 nitrogen and oxygen atoms in total. The van der Waals surface area contributed by atoms with Crippen LogP contribution in [0.1, 0.15) is 335 Å². The molecule has 0 saturated carbocycles. The van der Waals surface area contributed by atoms with Crippen molar-refractivity contribution in [2.24, 2.45) is 5.73 Å². The lowest BCUT2D eigenvalue weighted by molar-refractivity contribution is -0.161. The highest BCUT2D eigenvalue weighted by Gasteiger charge is 2.26. The minimum Gasteiger partial charge on any atom is -0.462 e. The molecule has 0 aliphatic rings. The molecule has 10 heteroatoms. The maximum absolute atomic E-state index is 12.8. The number of phosphoric ester groups is 1. The third kappa shape index (κ3) is 80.2. The summed E-state index contributed by atoms with van der Waals surface area (Å²) in [6.45, 7) is 3.50. The molecule has 0 aromatic heterocycles. The van der Waals surface area contributed by atoms with Gasteiger partial charge in [0.1, 0.15) is 6.61 Å². The van der Waals surface area contributed by atoms with E-state index in [1.54, 1.807) is 0 Å². The van der Waals surface area contributed by atoms with Crippen molar-refractivity contribution in [3.63, 3.8) is 0 Å². The van der Waals surface area contributed by atoms with Crippen molar-refractivity contribution in [2.45, 2.75) is 341 Å². The molecule has 2 atom stereocenters. The number of hydrogen-bond acceptors (Lipinski definition) is 8. The first-order valence-corrected chi connectivity index (χ1v) is 41.1. The van der Waals surface area contributed by atoms with E-state index in [1.807, 2.05) is 0 Å². The number of carbonyl (C=O) groups is 2. The predicted octanol–water partition coefficient (Wildman–Crippen LogP) is 26.9. The van der Waals surface area contributed by atoms with Crippen molar-refractivity contribution in [3.8, 4) is 0 Å². The zero-order chi connectivity index (χ0) is 70.0. The van der Waals surface area contributed by atoms with Crippen molar-refractivity contribution in [1.29, 1.82) is 0 Å². The summed E-state index contributed by atoms with van der Waals surface area (Å²) in [5.41, 5.74) is 5.41. The van der Waals surface area contributed by atoms with Gasteiger partial charge < -0.3 is 20.1 Å². The first-order valence-electron chi connectivity index (χ1n) is 39.6. The quantitative estimate of drug-likeness (QED) is 0.0264. The molecule has 0 rings (SSSR count). The predicted molar refractivity (Wildman–Crippen MR) is 422 cm³/mol. The zero-order valence-corrected chi connectivity index (χ0v) is 63.2. The number of nitrogens with two attached hydrogens (primary N) is 1. The van der Waals surface area contributed by atoms with E-state index in [4.69, 9.17) is 24.3 Å². The summed E-state index contributed by atoms with van der Waals surface area (Å²) >= 11 is 0. The Hall–Kier alpha value is -4.63. The van der Waals surface area contributed by atoms with Crippen LogP contribution >= 0.6 is 7.82 Å². The second-order valence-electron chi connectivity index (χ2n) is 25.8.